The number of aryl methyl sites for hydroxylation is 1. The van der Waals surface area contributed by atoms with Crippen LogP contribution in [0.3, 0.4) is 0 Å². The van der Waals surface area contributed by atoms with Crippen molar-refractivity contribution in [2.75, 3.05) is 26.7 Å². The van der Waals surface area contributed by atoms with Crippen LogP contribution in [0.15, 0.2) is 24.3 Å². The van der Waals surface area contributed by atoms with Gasteiger partial charge in [0.1, 0.15) is 0 Å². The molecule has 1 aromatic carbocycles. The first-order valence-corrected chi connectivity index (χ1v) is 7.70. The molecule has 5 heteroatoms. The van der Waals surface area contributed by atoms with Crippen molar-refractivity contribution in [3.8, 4) is 0 Å². The summed E-state index contributed by atoms with van der Waals surface area (Å²) in [5, 5.41) is 19.8. The van der Waals surface area contributed by atoms with Crippen molar-refractivity contribution < 1.29 is 15.0 Å². The van der Waals surface area contributed by atoms with Crippen molar-refractivity contribution in [3.05, 3.63) is 35.4 Å². The van der Waals surface area contributed by atoms with Gasteiger partial charge in [-0.25, -0.2) is 0 Å². The maximum Gasteiger partial charge on any atom is 0.236 e. The monoisotopic (exact) mass is 306 g/mol. The summed E-state index contributed by atoms with van der Waals surface area (Å²) in [6.07, 6.45) is -0.477. The Labute approximate surface area is 132 Å². The van der Waals surface area contributed by atoms with Crippen LogP contribution >= 0.6 is 0 Å². The molecule has 1 aliphatic rings. The van der Waals surface area contributed by atoms with Crippen molar-refractivity contribution >= 4 is 5.91 Å². The lowest BCUT2D eigenvalue weighted by Crippen LogP contribution is -2.56. The largest absolute Gasteiger partial charge is 0.388 e. The number of β-amino-alcohol motifs (C(OH)–C–C–N with tert-alkyl or cyclic N) is 1. The summed E-state index contributed by atoms with van der Waals surface area (Å²) in [6.45, 7) is 5.37. The minimum Gasteiger partial charge on any atom is -0.388 e. The maximum absolute atomic E-state index is 12.3. The predicted molar refractivity (Wildman–Crippen MR) is 85.3 cm³/mol. The van der Waals surface area contributed by atoms with Gasteiger partial charge in [-0.3, -0.25) is 9.69 Å². The summed E-state index contributed by atoms with van der Waals surface area (Å²) in [5.74, 6) is -0.0100. The first kappa shape index (κ1) is 16.9. The van der Waals surface area contributed by atoms with Gasteiger partial charge in [0.15, 0.2) is 0 Å². The number of piperidine rings is 1. The van der Waals surface area contributed by atoms with Gasteiger partial charge in [0.25, 0.3) is 0 Å². The van der Waals surface area contributed by atoms with E-state index in [1.54, 1.807) is 11.8 Å². The number of carbonyl (C=O) groups excluding carboxylic acids is 1. The molecule has 0 spiro atoms. The number of aliphatic hydroxyl groups excluding tert-OH is 1. The van der Waals surface area contributed by atoms with Crippen LogP contribution in [0, 0.1) is 6.92 Å². The van der Waals surface area contributed by atoms with Crippen LogP contribution in [0.1, 0.15) is 24.5 Å². The first-order valence-electron chi connectivity index (χ1n) is 7.70. The smallest absolute Gasteiger partial charge is 0.236 e. The second-order valence-corrected chi connectivity index (χ2v) is 6.62. The normalized spacial score (nSPS) is 25.5. The van der Waals surface area contributed by atoms with Crippen molar-refractivity contribution in [2.45, 2.75) is 38.5 Å². The zero-order chi connectivity index (χ0) is 16.3. The van der Waals surface area contributed by atoms with E-state index in [2.05, 4.69) is 24.3 Å². The Morgan fingerprint density at radius 1 is 1.41 bits per heavy atom. The Morgan fingerprint density at radius 2 is 2.05 bits per heavy atom. The fraction of sp³-hybridized carbons (Fsp3) is 0.588. The third kappa shape index (κ3) is 4.29. The van der Waals surface area contributed by atoms with E-state index < -0.39 is 11.7 Å². The molecule has 1 aromatic rings. The summed E-state index contributed by atoms with van der Waals surface area (Å²) in [5.41, 5.74) is 1.30. The highest BCUT2D eigenvalue weighted by Crippen LogP contribution is 2.22. The molecular formula is C17H26N2O3. The number of benzene rings is 1. The van der Waals surface area contributed by atoms with Crippen LogP contribution < -0.4 is 0 Å². The van der Waals surface area contributed by atoms with Crippen molar-refractivity contribution in [2.24, 2.45) is 0 Å². The Bertz CT molecular complexity index is 513. The fourth-order valence-electron chi connectivity index (χ4n) is 2.64. The number of likely N-dealkylation sites (tertiary alicyclic amines) is 1. The average Bonchev–Trinajstić information content (AvgIpc) is 2.44. The molecule has 0 saturated carbocycles. The Kier molecular flexibility index (Phi) is 5.21. The van der Waals surface area contributed by atoms with Crippen molar-refractivity contribution in [1.29, 1.82) is 0 Å². The van der Waals surface area contributed by atoms with Crippen LogP contribution in [-0.4, -0.2) is 64.3 Å². The number of amides is 1. The molecule has 1 fully saturated rings. The first-order chi connectivity index (χ1) is 10.3. The summed E-state index contributed by atoms with van der Waals surface area (Å²) >= 11 is 0. The molecule has 5 nitrogen and oxygen atoms in total. The highest BCUT2D eigenvalue weighted by Gasteiger charge is 2.37. The molecule has 2 rings (SSSR count). The van der Waals surface area contributed by atoms with E-state index in [0.717, 1.165) is 0 Å². The van der Waals surface area contributed by atoms with Crippen LogP contribution in [0.2, 0.25) is 0 Å². The van der Waals surface area contributed by atoms with Crippen molar-refractivity contribution in [3.63, 3.8) is 0 Å². The van der Waals surface area contributed by atoms with E-state index in [1.807, 2.05) is 18.9 Å². The van der Waals surface area contributed by atoms with E-state index in [1.165, 1.54) is 11.1 Å². The highest BCUT2D eigenvalue weighted by atomic mass is 16.3. The molecule has 1 aliphatic heterocycles. The summed E-state index contributed by atoms with van der Waals surface area (Å²) in [6, 6.07) is 8.26. The number of carbonyl (C=O) groups is 1. The molecule has 0 aliphatic carbocycles. The molecular weight excluding hydrogens is 280 g/mol. The van der Waals surface area contributed by atoms with Gasteiger partial charge in [0.05, 0.1) is 18.2 Å². The van der Waals surface area contributed by atoms with Gasteiger partial charge in [-0.05, 0) is 32.9 Å². The van der Waals surface area contributed by atoms with Gasteiger partial charge in [-0.15, -0.1) is 0 Å². The number of hydrogen-bond donors (Lipinski definition) is 2. The number of nitrogens with zero attached hydrogens (tertiary/aromatic N) is 2. The number of likely N-dealkylation sites (N-methyl/N-ethyl adjacent to an activating group) is 1. The van der Waals surface area contributed by atoms with Crippen LogP contribution in [-0.2, 0) is 11.3 Å². The predicted octanol–water partition coefficient (Wildman–Crippen LogP) is 0.771. The van der Waals surface area contributed by atoms with Gasteiger partial charge >= 0.3 is 0 Å². The molecule has 0 aromatic heterocycles. The van der Waals surface area contributed by atoms with Gasteiger partial charge in [0, 0.05) is 19.6 Å². The molecule has 1 saturated heterocycles. The topological polar surface area (TPSA) is 64.0 Å². The van der Waals surface area contributed by atoms with Crippen LogP contribution in [0.25, 0.3) is 0 Å². The molecule has 122 valence electrons. The second kappa shape index (κ2) is 6.77. The molecule has 0 unspecified atom stereocenters. The minimum atomic E-state index is -1.09. The summed E-state index contributed by atoms with van der Waals surface area (Å²) in [7, 11) is 1.91. The van der Waals surface area contributed by atoms with Gasteiger partial charge in [-0.2, -0.15) is 0 Å². The lowest BCUT2D eigenvalue weighted by Gasteiger charge is -2.40. The van der Waals surface area contributed by atoms with Gasteiger partial charge in [0.2, 0.25) is 5.91 Å². The van der Waals surface area contributed by atoms with E-state index in [0.29, 0.717) is 26.1 Å². The van der Waals surface area contributed by atoms with E-state index in [9.17, 15) is 15.0 Å². The number of rotatable bonds is 4. The minimum absolute atomic E-state index is 0.0100. The standard InChI is InChI=1S/C17H26N2O3/c1-13-4-6-14(7-5-13)10-18(3)12-16(21)19-9-8-17(2,22)15(20)11-19/h4-7,15,20,22H,8-12H2,1-3H3/t15-,17+/m1/s1. The van der Waals surface area contributed by atoms with Crippen LogP contribution in [0.4, 0.5) is 0 Å². The lowest BCUT2D eigenvalue weighted by atomic mass is 9.91. The molecule has 0 bridgehead atoms. The molecule has 2 N–H and O–H groups in total. The highest BCUT2D eigenvalue weighted by molar-refractivity contribution is 5.78. The van der Waals surface area contributed by atoms with Gasteiger partial charge < -0.3 is 15.1 Å². The maximum atomic E-state index is 12.3. The molecule has 22 heavy (non-hydrogen) atoms. The third-order valence-electron chi connectivity index (χ3n) is 4.33. The molecule has 1 amide bonds. The second-order valence-electron chi connectivity index (χ2n) is 6.62. The van der Waals surface area contributed by atoms with E-state index in [4.69, 9.17) is 0 Å². The Balaban J connectivity index is 1.85. The van der Waals surface area contributed by atoms with Crippen LogP contribution in [0.5, 0.6) is 0 Å². The average molecular weight is 306 g/mol. The molecule has 0 radical (unpaired) electrons. The Morgan fingerprint density at radius 3 is 2.64 bits per heavy atom. The molecule has 1 heterocycles. The molecule has 2 atom stereocenters. The lowest BCUT2D eigenvalue weighted by molar-refractivity contribution is -0.147. The fourth-order valence-corrected chi connectivity index (χ4v) is 2.64. The number of hydrogen-bond acceptors (Lipinski definition) is 4. The van der Waals surface area contributed by atoms with E-state index >= 15 is 0 Å². The summed E-state index contributed by atoms with van der Waals surface area (Å²) < 4.78 is 0. The zero-order valence-electron chi connectivity index (χ0n) is 13.6. The van der Waals surface area contributed by atoms with E-state index in [-0.39, 0.29) is 12.5 Å². The SMILES string of the molecule is Cc1ccc(CN(C)CC(=O)N2CC[C@](C)(O)[C@H](O)C2)cc1. The van der Waals surface area contributed by atoms with Gasteiger partial charge in [-0.1, -0.05) is 29.8 Å². The third-order valence-corrected chi connectivity index (χ3v) is 4.33. The quantitative estimate of drug-likeness (QED) is 0.862. The van der Waals surface area contributed by atoms with Crippen molar-refractivity contribution in [1.82, 2.24) is 9.80 Å². The zero-order valence-corrected chi connectivity index (χ0v) is 13.6. The Hall–Kier alpha value is -1.43. The number of aliphatic hydroxyl groups is 2. The summed E-state index contributed by atoms with van der Waals surface area (Å²) in [4.78, 5) is 15.9.